The summed E-state index contributed by atoms with van der Waals surface area (Å²) in [4.78, 5) is 13.4. The molecule has 1 amide bonds. The summed E-state index contributed by atoms with van der Waals surface area (Å²) in [6.07, 6.45) is -2.68. The molecular formula is C11H19F2NO2S. The van der Waals surface area contributed by atoms with Crippen molar-refractivity contribution < 1.29 is 17.8 Å². The minimum Gasteiger partial charge on any atom is -0.341 e. The molecule has 0 spiro atoms. The molecule has 100 valence electrons. The fraction of sp³-hybridized carbons (Fsp3) is 0.909. The largest absolute Gasteiger partial charge is 0.341 e. The molecule has 0 N–H and O–H groups in total. The first-order valence-corrected chi connectivity index (χ1v) is 7.16. The summed E-state index contributed by atoms with van der Waals surface area (Å²) in [6, 6.07) is 0. The minimum absolute atomic E-state index is 0.0933. The Morgan fingerprint density at radius 3 is 2.59 bits per heavy atom. The lowest BCUT2D eigenvalue weighted by atomic mass is 9.92. The SMILES string of the molecule is C[C@@H]1CN(C(=O)C(C)(C)C(F)F)CC[S@@](=O)C1. The Morgan fingerprint density at radius 2 is 2.06 bits per heavy atom. The van der Waals surface area contributed by atoms with E-state index >= 15 is 0 Å². The van der Waals surface area contributed by atoms with Gasteiger partial charge >= 0.3 is 0 Å². The molecule has 2 atom stereocenters. The standard InChI is InChI=1S/C11H19F2NO2S/c1-8-6-14(4-5-17(16)7-8)10(15)11(2,3)9(12)13/h8-9H,4-7H2,1-3H3/t8-,17-/m1/s1. The van der Waals surface area contributed by atoms with Crippen LogP contribution in [-0.4, -0.2) is 46.0 Å². The molecule has 1 saturated heterocycles. The van der Waals surface area contributed by atoms with Gasteiger partial charge in [-0.3, -0.25) is 9.00 Å². The Bertz CT molecular complexity index is 321. The van der Waals surface area contributed by atoms with Crippen LogP contribution in [0.3, 0.4) is 0 Å². The van der Waals surface area contributed by atoms with E-state index in [2.05, 4.69) is 0 Å². The number of rotatable bonds is 2. The molecule has 0 saturated carbocycles. The first-order chi connectivity index (χ1) is 7.75. The number of carbonyl (C=O) groups is 1. The molecule has 6 heteroatoms. The van der Waals surface area contributed by atoms with Crippen molar-refractivity contribution >= 4 is 16.7 Å². The van der Waals surface area contributed by atoms with Crippen LogP contribution in [0, 0.1) is 11.3 Å². The summed E-state index contributed by atoms with van der Waals surface area (Å²) in [5, 5.41) is 0. The second-order valence-corrected chi connectivity index (χ2v) is 6.81. The lowest BCUT2D eigenvalue weighted by molar-refractivity contribution is -0.149. The van der Waals surface area contributed by atoms with Crippen molar-refractivity contribution in [3.63, 3.8) is 0 Å². The van der Waals surface area contributed by atoms with Gasteiger partial charge < -0.3 is 4.90 Å². The maximum absolute atomic E-state index is 12.8. The van der Waals surface area contributed by atoms with Crippen LogP contribution < -0.4 is 0 Å². The molecule has 3 nitrogen and oxygen atoms in total. The van der Waals surface area contributed by atoms with Gasteiger partial charge in [0.05, 0.1) is 0 Å². The van der Waals surface area contributed by atoms with Crippen LogP contribution >= 0.6 is 0 Å². The van der Waals surface area contributed by atoms with Crippen molar-refractivity contribution in [2.24, 2.45) is 11.3 Å². The summed E-state index contributed by atoms with van der Waals surface area (Å²) in [6.45, 7) is 5.13. The third kappa shape index (κ3) is 3.47. The third-order valence-corrected chi connectivity index (χ3v) is 4.55. The highest BCUT2D eigenvalue weighted by Gasteiger charge is 2.41. The molecule has 0 aromatic rings. The van der Waals surface area contributed by atoms with E-state index in [1.807, 2.05) is 6.92 Å². The van der Waals surface area contributed by atoms with Crippen LogP contribution in [0.25, 0.3) is 0 Å². The van der Waals surface area contributed by atoms with Gasteiger partial charge in [0.25, 0.3) is 6.43 Å². The topological polar surface area (TPSA) is 37.4 Å². The highest BCUT2D eigenvalue weighted by atomic mass is 32.2. The van der Waals surface area contributed by atoms with Crippen LogP contribution in [0.1, 0.15) is 20.8 Å². The molecule has 0 aliphatic carbocycles. The van der Waals surface area contributed by atoms with Gasteiger partial charge in [-0.2, -0.15) is 0 Å². The Kier molecular flexibility index (Phi) is 4.63. The number of amides is 1. The zero-order chi connectivity index (χ0) is 13.2. The first-order valence-electron chi connectivity index (χ1n) is 5.67. The third-order valence-electron chi connectivity index (χ3n) is 2.98. The fourth-order valence-electron chi connectivity index (χ4n) is 1.82. The number of hydrogen-bond donors (Lipinski definition) is 0. The maximum Gasteiger partial charge on any atom is 0.252 e. The summed E-state index contributed by atoms with van der Waals surface area (Å²) in [5.41, 5.74) is -1.66. The first kappa shape index (κ1) is 14.5. The van der Waals surface area contributed by atoms with Gasteiger partial charge in [-0.25, -0.2) is 8.78 Å². The number of halogens is 2. The van der Waals surface area contributed by atoms with Gasteiger partial charge in [0.15, 0.2) is 0 Å². The van der Waals surface area contributed by atoms with Crippen molar-refractivity contribution in [2.75, 3.05) is 24.6 Å². The Balaban J connectivity index is 2.78. The monoisotopic (exact) mass is 267 g/mol. The van der Waals surface area contributed by atoms with Crippen LogP contribution in [0.15, 0.2) is 0 Å². The van der Waals surface area contributed by atoms with Crippen LogP contribution in [0.2, 0.25) is 0 Å². The van der Waals surface area contributed by atoms with Crippen LogP contribution in [0.4, 0.5) is 8.78 Å². The Morgan fingerprint density at radius 1 is 1.47 bits per heavy atom. The van der Waals surface area contributed by atoms with Crippen molar-refractivity contribution in [3.05, 3.63) is 0 Å². The summed E-state index contributed by atoms with van der Waals surface area (Å²) >= 11 is 0. The second kappa shape index (κ2) is 5.42. The number of nitrogens with zero attached hydrogens (tertiary/aromatic N) is 1. The predicted octanol–water partition coefficient (Wildman–Crippen LogP) is 1.50. The van der Waals surface area contributed by atoms with Gasteiger partial charge in [0.2, 0.25) is 5.91 Å². The molecule has 0 aromatic carbocycles. The van der Waals surface area contributed by atoms with Crippen molar-refractivity contribution in [3.8, 4) is 0 Å². The van der Waals surface area contributed by atoms with Gasteiger partial charge in [0, 0.05) is 35.4 Å². The van der Waals surface area contributed by atoms with E-state index < -0.39 is 28.5 Å². The van der Waals surface area contributed by atoms with Gasteiger partial charge in [-0.1, -0.05) is 6.92 Å². The summed E-state index contributed by atoms with van der Waals surface area (Å²) in [7, 11) is -0.944. The average Bonchev–Trinajstić information content (AvgIpc) is 2.38. The van der Waals surface area contributed by atoms with Crippen molar-refractivity contribution in [1.82, 2.24) is 4.90 Å². The smallest absolute Gasteiger partial charge is 0.252 e. The Labute approximate surface area is 103 Å². The fourth-order valence-corrected chi connectivity index (χ4v) is 3.15. The minimum atomic E-state index is -2.68. The van der Waals surface area contributed by atoms with E-state index in [0.29, 0.717) is 24.6 Å². The van der Waals surface area contributed by atoms with E-state index in [4.69, 9.17) is 0 Å². The highest BCUT2D eigenvalue weighted by molar-refractivity contribution is 7.85. The predicted molar refractivity (Wildman–Crippen MR) is 63.4 cm³/mol. The molecule has 0 radical (unpaired) electrons. The van der Waals surface area contributed by atoms with Crippen LogP contribution in [0.5, 0.6) is 0 Å². The number of carbonyl (C=O) groups excluding carboxylic acids is 1. The van der Waals surface area contributed by atoms with Crippen LogP contribution in [-0.2, 0) is 15.6 Å². The van der Waals surface area contributed by atoms with E-state index in [-0.39, 0.29) is 5.92 Å². The number of alkyl halides is 2. The zero-order valence-electron chi connectivity index (χ0n) is 10.4. The lowest BCUT2D eigenvalue weighted by Crippen LogP contribution is -2.46. The molecule has 0 aromatic heterocycles. The van der Waals surface area contributed by atoms with E-state index in [1.165, 1.54) is 18.7 Å². The van der Waals surface area contributed by atoms with Gasteiger partial charge in [0.1, 0.15) is 5.41 Å². The molecule has 1 rings (SSSR count). The van der Waals surface area contributed by atoms with E-state index in [0.717, 1.165) is 0 Å². The number of hydrogen-bond acceptors (Lipinski definition) is 2. The summed E-state index contributed by atoms with van der Waals surface area (Å²) < 4.78 is 37.0. The van der Waals surface area contributed by atoms with E-state index in [1.54, 1.807) is 0 Å². The van der Waals surface area contributed by atoms with Crippen molar-refractivity contribution in [1.29, 1.82) is 0 Å². The molecule has 0 bridgehead atoms. The molecule has 1 heterocycles. The normalized spacial score (nSPS) is 27.1. The van der Waals surface area contributed by atoms with Crippen molar-refractivity contribution in [2.45, 2.75) is 27.2 Å². The lowest BCUT2D eigenvalue weighted by Gasteiger charge is -2.31. The highest BCUT2D eigenvalue weighted by Crippen LogP contribution is 2.28. The molecule has 1 aliphatic heterocycles. The van der Waals surface area contributed by atoms with E-state index in [9.17, 15) is 17.8 Å². The molecule has 1 fully saturated rings. The Hall–Kier alpha value is -0.520. The maximum atomic E-state index is 12.8. The quantitative estimate of drug-likeness (QED) is 0.760. The zero-order valence-corrected chi connectivity index (χ0v) is 11.2. The summed E-state index contributed by atoms with van der Waals surface area (Å²) in [5.74, 6) is 0.475. The molecular weight excluding hydrogens is 248 g/mol. The average molecular weight is 267 g/mol. The second-order valence-electron chi connectivity index (χ2n) is 5.19. The molecule has 17 heavy (non-hydrogen) atoms. The molecule has 1 aliphatic rings. The van der Waals surface area contributed by atoms with Gasteiger partial charge in [-0.15, -0.1) is 0 Å². The van der Waals surface area contributed by atoms with Gasteiger partial charge in [-0.05, 0) is 19.8 Å². The molecule has 0 unspecified atom stereocenters.